The van der Waals surface area contributed by atoms with E-state index >= 15 is 0 Å². The Hall–Kier alpha value is -2.80. The summed E-state index contributed by atoms with van der Waals surface area (Å²) in [6, 6.07) is 7.28. The second kappa shape index (κ2) is 8.20. The summed E-state index contributed by atoms with van der Waals surface area (Å²) in [6.07, 6.45) is 3.52. The lowest BCUT2D eigenvalue weighted by atomic mass is 9.88. The van der Waals surface area contributed by atoms with Crippen molar-refractivity contribution in [3.05, 3.63) is 68.2 Å². The van der Waals surface area contributed by atoms with Crippen molar-refractivity contribution in [2.75, 3.05) is 16.8 Å². The monoisotopic (exact) mass is 503 g/mol. The average Bonchev–Trinajstić information content (AvgIpc) is 2.72. The highest BCUT2D eigenvalue weighted by atomic mass is 35.5. The Morgan fingerprint density at radius 3 is 2.39 bits per heavy atom. The molecule has 4 amide bonds. The number of hydrogen-bond donors (Lipinski definition) is 1. The van der Waals surface area contributed by atoms with Gasteiger partial charge in [-0.2, -0.15) is 0 Å². The Morgan fingerprint density at radius 2 is 1.70 bits per heavy atom. The molecule has 2 aliphatic rings. The summed E-state index contributed by atoms with van der Waals surface area (Å²) in [7, 11) is 1.98. The van der Waals surface area contributed by atoms with Crippen molar-refractivity contribution < 1.29 is 14.4 Å². The van der Waals surface area contributed by atoms with Crippen molar-refractivity contribution >= 4 is 75.7 Å². The van der Waals surface area contributed by atoms with Gasteiger partial charge in [-0.3, -0.25) is 14.9 Å². The van der Waals surface area contributed by atoms with Gasteiger partial charge >= 0.3 is 6.03 Å². The number of allylic oxidation sites excluding steroid dienone is 1. The van der Waals surface area contributed by atoms with E-state index in [0.717, 1.165) is 21.7 Å². The predicted octanol–water partition coefficient (Wildman–Crippen LogP) is 5.94. The first-order chi connectivity index (χ1) is 15.4. The van der Waals surface area contributed by atoms with Crippen molar-refractivity contribution in [3.8, 4) is 0 Å². The molecule has 0 aromatic heterocycles. The van der Waals surface area contributed by atoms with E-state index in [4.69, 9.17) is 34.8 Å². The summed E-state index contributed by atoms with van der Waals surface area (Å²) in [5, 5.41) is 2.74. The molecule has 1 fully saturated rings. The largest absolute Gasteiger partial charge is 0.365 e. The molecular formula is C24H20Cl3N3O3. The summed E-state index contributed by atoms with van der Waals surface area (Å²) >= 11 is 18.8. The molecule has 2 heterocycles. The third-order valence-electron chi connectivity index (χ3n) is 5.91. The fraction of sp³-hybridized carbons (Fsp3) is 0.208. The molecule has 2 aromatic carbocycles. The number of carbonyl (C=O) groups is 3. The van der Waals surface area contributed by atoms with Crippen LogP contribution in [-0.2, 0) is 9.59 Å². The average molecular weight is 505 g/mol. The van der Waals surface area contributed by atoms with E-state index in [2.05, 4.69) is 30.1 Å². The number of hydrogen-bond acceptors (Lipinski definition) is 4. The van der Waals surface area contributed by atoms with E-state index in [0.29, 0.717) is 10.6 Å². The number of anilines is 2. The summed E-state index contributed by atoms with van der Waals surface area (Å²) < 4.78 is 0. The standard InChI is InChI=1S/C24H20Cl3N3O3/c1-12-11-24(2,3)29(4)19-10-17(26)13(8-14(12)19)9-15-21(31)28-23(33)30(22(15)32)18-7-5-6-16(25)20(18)27/h5-11H,1-4H3,(H,28,31,33)/b15-9+. The zero-order valence-electron chi connectivity index (χ0n) is 18.3. The molecule has 2 aliphatic heterocycles. The molecule has 9 heteroatoms. The van der Waals surface area contributed by atoms with Gasteiger partial charge in [0.1, 0.15) is 5.57 Å². The lowest BCUT2D eigenvalue weighted by Gasteiger charge is -2.40. The van der Waals surface area contributed by atoms with Crippen LogP contribution in [-0.4, -0.2) is 30.4 Å². The van der Waals surface area contributed by atoms with Gasteiger partial charge in [0.15, 0.2) is 0 Å². The van der Waals surface area contributed by atoms with Gasteiger partial charge in [-0.05, 0) is 62.2 Å². The lowest BCUT2D eigenvalue weighted by molar-refractivity contribution is -0.122. The van der Waals surface area contributed by atoms with Crippen LogP contribution in [0.1, 0.15) is 31.9 Å². The Morgan fingerprint density at radius 1 is 1.00 bits per heavy atom. The number of carbonyl (C=O) groups excluding carboxylic acids is 3. The molecule has 1 saturated heterocycles. The number of likely N-dealkylation sites (N-methyl/N-ethyl adjacent to an activating group) is 1. The number of urea groups is 1. The Kier molecular flexibility index (Phi) is 5.81. The number of benzene rings is 2. The van der Waals surface area contributed by atoms with Gasteiger partial charge in [0.2, 0.25) is 0 Å². The SMILES string of the molecule is CC1=CC(C)(C)N(C)c2cc(Cl)c(/C=C3\C(=O)NC(=O)N(c4cccc(Cl)c4Cl)C3=O)cc21. The van der Waals surface area contributed by atoms with Gasteiger partial charge in [0.25, 0.3) is 11.8 Å². The van der Waals surface area contributed by atoms with Crippen molar-refractivity contribution in [2.45, 2.75) is 26.3 Å². The maximum Gasteiger partial charge on any atom is 0.336 e. The van der Waals surface area contributed by atoms with Crippen molar-refractivity contribution in [3.63, 3.8) is 0 Å². The maximum absolute atomic E-state index is 13.2. The van der Waals surface area contributed by atoms with Crippen LogP contribution in [0.15, 0.2) is 42.0 Å². The molecule has 170 valence electrons. The normalized spacial score (nSPS) is 18.9. The van der Waals surface area contributed by atoms with E-state index in [-0.39, 0.29) is 26.8 Å². The predicted molar refractivity (Wildman–Crippen MR) is 133 cm³/mol. The summed E-state index contributed by atoms with van der Waals surface area (Å²) in [5.74, 6) is -1.65. The minimum Gasteiger partial charge on any atom is -0.365 e. The molecule has 2 aromatic rings. The van der Waals surface area contributed by atoms with Crippen molar-refractivity contribution in [1.82, 2.24) is 5.32 Å². The van der Waals surface area contributed by atoms with Gasteiger partial charge < -0.3 is 4.90 Å². The van der Waals surface area contributed by atoms with Gasteiger partial charge in [-0.1, -0.05) is 46.9 Å². The topological polar surface area (TPSA) is 69.7 Å². The maximum atomic E-state index is 13.2. The van der Waals surface area contributed by atoms with Crippen LogP contribution in [0.4, 0.5) is 16.2 Å². The number of imide groups is 2. The number of amides is 4. The minimum absolute atomic E-state index is 0.0228. The fourth-order valence-corrected chi connectivity index (χ4v) is 4.59. The van der Waals surface area contributed by atoms with Gasteiger partial charge in [0, 0.05) is 23.3 Å². The van der Waals surface area contributed by atoms with Crippen LogP contribution in [0, 0.1) is 0 Å². The van der Waals surface area contributed by atoms with Crippen LogP contribution >= 0.6 is 34.8 Å². The van der Waals surface area contributed by atoms with E-state index in [9.17, 15) is 14.4 Å². The highest BCUT2D eigenvalue weighted by molar-refractivity contribution is 6.46. The second-order valence-corrected chi connectivity index (χ2v) is 9.65. The molecule has 33 heavy (non-hydrogen) atoms. The van der Waals surface area contributed by atoms with Gasteiger partial charge in [-0.15, -0.1) is 0 Å². The quantitative estimate of drug-likeness (QED) is 0.406. The lowest BCUT2D eigenvalue weighted by Crippen LogP contribution is -2.54. The fourth-order valence-electron chi connectivity index (χ4n) is 4.00. The zero-order valence-corrected chi connectivity index (χ0v) is 20.6. The number of rotatable bonds is 2. The molecule has 6 nitrogen and oxygen atoms in total. The molecular weight excluding hydrogens is 485 g/mol. The Labute approximate surface area is 206 Å². The molecule has 0 spiro atoms. The molecule has 0 unspecified atom stereocenters. The van der Waals surface area contributed by atoms with E-state index in [1.807, 2.05) is 26.1 Å². The number of fused-ring (bicyclic) bond motifs is 1. The minimum atomic E-state index is -0.912. The summed E-state index contributed by atoms with van der Waals surface area (Å²) in [4.78, 5) is 41.2. The van der Waals surface area contributed by atoms with Crippen molar-refractivity contribution in [1.29, 1.82) is 0 Å². The van der Waals surface area contributed by atoms with Crippen LogP contribution < -0.4 is 15.1 Å². The molecule has 0 radical (unpaired) electrons. The third-order valence-corrected chi connectivity index (χ3v) is 7.05. The van der Waals surface area contributed by atoms with Crippen LogP contribution in [0.25, 0.3) is 11.6 Å². The molecule has 0 saturated carbocycles. The Balaban J connectivity index is 1.81. The van der Waals surface area contributed by atoms with Gasteiger partial charge in [-0.25, -0.2) is 9.69 Å². The van der Waals surface area contributed by atoms with Crippen molar-refractivity contribution in [2.24, 2.45) is 0 Å². The van der Waals surface area contributed by atoms with E-state index in [1.165, 1.54) is 18.2 Å². The summed E-state index contributed by atoms with van der Waals surface area (Å²) in [5.41, 5.74) is 3.02. The molecule has 0 bridgehead atoms. The first kappa shape index (κ1) is 23.4. The van der Waals surface area contributed by atoms with E-state index < -0.39 is 17.8 Å². The smallest absolute Gasteiger partial charge is 0.336 e. The zero-order chi connectivity index (χ0) is 24.2. The van der Waals surface area contributed by atoms with Gasteiger partial charge in [0.05, 0.1) is 21.3 Å². The third kappa shape index (κ3) is 3.92. The molecule has 1 N–H and O–H groups in total. The number of nitrogens with zero attached hydrogens (tertiary/aromatic N) is 2. The number of halogens is 3. The van der Waals surface area contributed by atoms with E-state index in [1.54, 1.807) is 6.07 Å². The first-order valence-electron chi connectivity index (χ1n) is 10.0. The highest BCUT2D eigenvalue weighted by Gasteiger charge is 2.38. The number of nitrogens with one attached hydrogen (secondary N) is 1. The summed E-state index contributed by atoms with van der Waals surface area (Å²) in [6.45, 7) is 6.19. The highest BCUT2D eigenvalue weighted by Crippen LogP contribution is 2.41. The molecule has 0 aliphatic carbocycles. The molecule has 4 rings (SSSR count). The Bertz CT molecular complexity index is 1300. The first-order valence-corrected chi connectivity index (χ1v) is 11.2. The molecule has 0 atom stereocenters. The van der Waals surface area contributed by atoms with Crippen LogP contribution in [0.3, 0.4) is 0 Å². The number of barbiturate groups is 1. The second-order valence-electron chi connectivity index (χ2n) is 8.46. The van der Waals surface area contributed by atoms with Crippen LogP contribution in [0.5, 0.6) is 0 Å². The van der Waals surface area contributed by atoms with Crippen LogP contribution in [0.2, 0.25) is 15.1 Å².